The summed E-state index contributed by atoms with van der Waals surface area (Å²) in [5, 5.41) is 20.1. The van der Waals surface area contributed by atoms with Crippen LogP contribution in [-0.4, -0.2) is 58.4 Å². The molecule has 0 fully saturated rings. The Morgan fingerprint density at radius 1 is 1.32 bits per heavy atom. The number of H-pyrrole nitrogens is 1. The smallest absolute Gasteiger partial charge is 0.331 e. The van der Waals surface area contributed by atoms with Gasteiger partial charge in [-0.3, -0.25) is 14.3 Å². The number of methoxy groups -OCH3 is 2. The highest BCUT2D eigenvalue weighted by atomic mass is 32.1. The number of ether oxygens (including phenoxy) is 2. The number of hydrazone groups is 1. The molecular formula is C20H25N5O5S. The van der Waals surface area contributed by atoms with E-state index in [0.29, 0.717) is 36.0 Å². The van der Waals surface area contributed by atoms with Crippen molar-refractivity contribution in [2.45, 2.75) is 25.4 Å². The first-order valence-electron chi connectivity index (χ1n) is 9.69. The minimum absolute atomic E-state index is 0.0445. The van der Waals surface area contributed by atoms with E-state index in [-0.39, 0.29) is 18.2 Å². The Balaban J connectivity index is 2.02. The van der Waals surface area contributed by atoms with E-state index >= 15 is 0 Å². The number of benzene rings is 1. The highest BCUT2D eigenvalue weighted by molar-refractivity contribution is 7.80. The summed E-state index contributed by atoms with van der Waals surface area (Å²) in [5.74, 6) is 0.289. The molecule has 1 aromatic carbocycles. The molecule has 31 heavy (non-hydrogen) atoms. The monoisotopic (exact) mass is 447 g/mol. The third kappa shape index (κ3) is 4.62. The average Bonchev–Trinajstić information content (AvgIpc) is 3.20. The Hall–Kier alpha value is -3.18. The normalized spacial score (nSPS) is 15.6. The fourth-order valence-electron chi connectivity index (χ4n) is 3.44. The summed E-state index contributed by atoms with van der Waals surface area (Å²) >= 11 is 5.39. The van der Waals surface area contributed by atoms with Crippen molar-refractivity contribution < 1.29 is 14.6 Å². The van der Waals surface area contributed by atoms with Gasteiger partial charge in [-0.2, -0.15) is 5.10 Å². The number of aromatic hydroxyl groups is 1. The lowest BCUT2D eigenvalue weighted by Crippen LogP contribution is -2.34. The average molecular weight is 448 g/mol. The highest BCUT2D eigenvalue weighted by Gasteiger charge is 2.34. The lowest BCUT2D eigenvalue weighted by molar-refractivity contribution is 0.188. The van der Waals surface area contributed by atoms with Crippen LogP contribution in [0.25, 0.3) is 0 Å². The predicted molar refractivity (Wildman–Crippen MR) is 120 cm³/mol. The maximum Gasteiger partial charge on any atom is 0.331 e. The summed E-state index contributed by atoms with van der Waals surface area (Å²) in [5.41, 5.74) is -0.193. The Morgan fingerprint density at radius 3 is 2.65 bits per heavy atom. The van der Waals surface area contributed by atoms with Crippen LogP contribution in [0, 0.1) is 0 Å². The molecule has 1 aliphatic heterocycles. The second-order valence-corrected chi connectivity index (χ2v) is 7.28. The van der Waals surface area contributed by atoms with E-state index in [1.54, 1.807) is 26.3 Å². The SMILES string of the molecule is CNC(=S)N1N=C(c2c(O)n(CCCOC)c(=O)[nH]c2=O)CC1c1ccc(OC)cc1. The van der Waals surface area contributed by atoms with Gasteiger partial charge in [0, 0.05) is 33.7 Å². The molecule has 166 valence electrons. The van der Waals surface area contributed by atoms with Crippen LogP contribution in [0.2, 0.25) is 0 Å². The van der Waals surface area contributed by atoms with Gasteiger partial charge in [-0.15, -0.1) is 0 Å². The lowest BCUT2D eigenvalue weighted by Gasteiger charge is -2.23. The molecule has 0 saturated carbocycles. The number of aromatic amines is 1. The maximum absolute atomic E-state index is 12.6. The standard InChI is InChI=1S/C20H25N5O5S/c1-21-20(31)25-15(12-5-7-13(30-3)8-6-12)11-14(23-25)16-17(26)22-19(28)24(18(16)27)9-4-10-29-2/h5-8,15,27H,4,9-11H2,1-3H3,(H,21,31)(H,22,26,28). The summed E-state index contributed by atoms with van der Waals surface area (Å²) in [6.45, 7) is 0.598. The van der Waals surface area contributed by atoms with Gasteiger partial charge in [0.1, 0.15) is 11.3 Å². The maximum atomic E-state index is 12.6. The Kier molecular flexibility index (Phi) is 7.08. The molecule has 1 aromatic heterocycles. The Labute approximate surface area is 184 Å². The molecule has 2 aromatic rings. The summed E-state index contributed by atoms with van der Waals surface area (Å²) < 4.78 is 11.3. The van der Waals surface area contributed by atoms with Gasteiger partial charge in [-0.25, -0.2) is 9.80 Å². The molecule has 3 N–H and O–H groups in total. The number of nitrogens with zero attached hydrogens (tertiary/aromatic N) is 3. The van der Waals surface area contributed by atoms with Crippen molar-refractivity contribution >= 4 is 23.0 Å². The van der Waals surface area contributed by atoms with E-state index in [0.717, 1.165) is 10.1 Å². The molecule has 1 atom stereocenters. The predicted octanol–water partition coefficient (Wildman–Crippen LogP) is 0.943. The van der Waals surface area contributed by atoms with Crippen molar-refractivity contribution in [3.63, 3.8) is 0 Å². The van der Waals surface area contributed by atoms with E-state index in [9.17, 15) is 14.7 Å². The lowest BCUT2D eigenvalue weighted by atomic mass is 9.99. The molecule has 0 bridgehead atoms. The van der Waals surface area contributed by atoms with Crippen LogP contribution >= 0.6 is 12.2 Å². The van der Waals surface area contributed by atoms with Gasteiger partial charge in [-0.1, -0.05) is 12.1 Å². The van der Waals surface area contributed by atoms with Crippen molar-refractivity contribution in [2.24, 2.45) is 5.10 Å². The van der Waals surface area contributed by atoms with E-state index < -0.39 is 17.1 Å². The van der Waals surface area contributed by atoms with Gasteiger partial charge in [0.25, 0.3) is 5.56 Å². The van der Waals surface area contributed by atoms with Gasteiger partial charge < -0.3 is 19.9 Å². The molecular weight excluding hydrogens is 422 g/mol. The van der Waals surface area contributed by atoms with E-state index in [1.165, 1.54) is 0 Å². The zero-order chi connectivity index (χ0) is 22.5. The number of nitrogens with one attached hydrogen (secondary N) is 2. The van der Waals surface area contributed by atoms with Crippen LogP contribution in [-0.2, 0) is 11.3 Å². The Bertz CT molecular complexity index is 1090. The van der Waals surface area contributed by atoms with Gasteiger partial charge in [0.2, 0.25) is 5.88 Å². The second kappa shape index (κ2) is 9.75. The molecule has 0 radical (unpaired) electrons. The first kappa shape index (κ1) is 22.5. The largest absolute Gasteiger partial charge is 0.497 e. The minimum atomic E-state index is -0.699. The third-order valence-corrected chi connectivity index (χ3v) is 5.41. The number of hydrogen-bond acceptors (Lipinski definition) is 7. The first-order chi connectivity index (χ1) is 14.9. The van der Waals surface area contributed by atoms with Crippen molar-refractivity contribution in [2.75, 3.05) is 27.9 Å². The molecule has 11 heteroatoms. The molecule has 0 spiro atoms. The number of hydrogen-bond donors (Lipinski definition) is 3. The summed E-state index contributed by atoms with van der Waals surface area (Å²) in [4.78, 5) is 27.1. The summed E-state index contributed by atoms with van der Waals surface area (Å²) in [6, 6.07) is 7.14. The third-order valence-electron chi connectivity index (χ3n) is 5.02. The van der Waals surface area contributed by atoms with Crippen LogP contribution in [0.4, 0.5) is 0 Å². The van der Waals surface area contributed by atoms with Crippen molar-refractivity contribution in [1.29, 1.82) is 0 Å². The van der Waals surface area contributed by atoms with Gasteiger partial charge in [-0.05, 0) is 36.3 Å². The zero-order valence-corrected chi connectivity index (χ0v) is 18.4. The zero-order valence-electron chi connectivity index (χ0n) is 17.5. The summed E-state index contributed by atoms with van der Waals surface area (Å²) in [6.07, 6.45) is 0.799. The fourth-order valence-corrected chi connectivity index (χ4v) is 3.61. The van der Waals surface area contributed by atoms with Gasteiger partial charge in [0.15, 0.2) is 5.11 Å². The van der Waals surface area contributed by atoms with Crippen LogP contribution < -0.4 is 21.3 Å². The molecule has 0 saturated heterocycles. The molecule has 1 aliphatic rings. The summed E-state index contributed by atoms with van der Waals surface area (Å²) in [7, 11) is 4.82. The van der Waals surface area contributed by atoms with E-state index in [2.05, 4.69) is 15.4 Å². The number of rotatable bonds is 7. The Morgan fingerprint density at radius 2 is 2.03 bits per heavy atom. The van der Waals surface area contributed by atoms with Gasteiger partial charge >= 0.3 is 5.69 Å². The quantitative estimate of drug-likeness (QED) is 0.424. The van der Waals surface area contributed by atoms with Crippen molar-refractivity contribution in [1.82, 2.24) is 19.9 Å². The molecule has 3 rings (SSSR count). The van der Waals surface area contributed by atoms with Crippen LogP contribution in [0.3, 0.4) is 0 Å². The van der Waals surface area contributed by atoms with E-state index in [4.69, 9.17) is 21.7 Å². The number of aromatic nitrogens is 2. The molecule has 0 aliphatic carbocycles. The van der Waals surface area contributed by atoms with E-state index in [1.807, 2.05) is 24.3 Å². The highest BCUT2D eigenvalue weighted by Crippen LogP contribution is 2.34. The van der Waals surface area contributed by atoms with Crippen LogP contribution in [0.1, 0.15) is 30.0 Å². The van der Waals surface area contributed by atoms with Gasteiger partial charge in [0.05, 0.1) is 18.9 Å². The molecule has 0 amide bonds. The number of thiocarbonyl (C=S) groups is 1. The minimum Gasteiger partial charge on any atom is -0.497 e. The topological polar surface area (TPSA) is 121 Å². The molecule has 10 nitrogen and oxygen atoms in total. The molecule has 1 unspecified atom stereocenters. The van der Waals surface area contributed by atoms with Crippen molar-refractivity contribution in [3.8, 4) is 11.6 Å². The first-order valence-corrected chi connectivity index (χ1v) is 10.1. The van der Waals surface area contributed by atoms with Crippen LogP contribution in [0.15, 0.2) is 39.0 Å². The second-order valence-electron chi connectivity index (χ2n) is 6.90. The van der Waals surface area contributed by atoms with Crippen LogP contribution in [0.5, 0.6) is 11.6 Å². The molecule has 2 heterocycles. The van der Waals surface area contributed by atoms with Crippen molar-refractivity contribution in [3.05, 3.63) is 56.2 Å². The fraction of sp³-hybridized carbons (Fsp3) is 0.400.